The average molecular weight is 454 g/mol. The highest BCUT2D eigenvalue weighted by atomic mass is 32.2. The van der Waals surface area contributed by atoms with E-state index in [1.165, 1.54) is 13.0 Å². The number of benzene rings is 2. The van der Waals surface area contributed by atoms with Gasteiger partial charge in [-0.3, -0.25) is 8.98 Å². The summed E-state index contributed by atoms with van der Waals surface area (Å²) in [5, 5.41) is 14.1. The molecule has 31 heavy (non-hydrogen) atoms. The third kappa shape index (κ3) is 7.82. The van der Waals surface area contributed by atoms with E-state index >= 15 is 0 Å². The number of fused-ring (bicyclic) bond motifs is 1. The van der Waals surface area contributed by atoms with Crippen molar-refractivity contribution in [2.45, 2.75) is 45.8 Å². The van der Waals surface area contributed by atoms with Gasteiger partial charge >= 0.3 is 6.16 Å². The first kappa shape index (κ1) is 24.6. The fraction of sp³-hybridized carbons (Fsp3) is 0.429. The standard InChI is InChI=1S/C21H27NO8S/c1-13(23)22-18-11-19(29-20(25)30-21(2,3)4)16-9-7-6-8-15(16)17(18)10-14(24)12-28-31(5,26)27/h6-9,11,14,24H,10,12H2,1-5H3,(H,22,23). The second kappa shape index (κ2) is 9.63. The first-order valence-corrected chi connectivity index (χ1v) is 11.3. The second-order valence-corrected chi connectivity index (χ2v) is 9.68. The third-order valence-corrected chi connectivity index (χ3v) is 4.49. The first-order valence-electron chi connectivity index (χ1n) is 9.50. The van der Waals surface area contributed by atoms with Crippen molar-refractivity contribution in [2.75, 3.05) is 18.2 Å². The Morgan fingerprint density at radius 3 is 2.32 bits per heavy atom. The van der Waals surface area contributed by atoms with Gasteiger partial charge < -0.3 is 19.9 Å². The molecule has 2 aromatic rings. The number of carbonyl (C=O) groups excluding carboxylic acids is 2. The van der Waals surface area contributed by atoms with E-state index in [0.717, 1.165) is 6.26 Å². The monoisotopic (exact) mass is 453 g/mol. The first-order chi connectivity index (χ1) is 14.2. The van der Waals surface area contributed by atoms with Gasteiger partial charge in [0.2, 0.25) is 5.91 Å². The molecule has 0 aliphatic rings. The number of nitrogens with one attached hydrogen (secondary N) is 1. The van der Waals surface area contributed by atoms with E-state index in [2.05, 4.69) is 9.50 Å². The molecular formula is C21H27NO8S. The highest BCUT2D eigenvalue weighted by Gasteiger charge is 2.22. The molecule has 0 fully saturated rings. The number of rotatable bonds is 7. The minimum atomic E-state index is -3.72. The summed E-state index contributed by atoms with van der Waals surface area (Å²) < 4.78 is 37.7. The number of carbonyl (C=O) groups is 2. The van der Waals surface area contributed by atoms with Crippen LogP contribution < -0.4 is 10.1 Å². The van der Waals surface area contributed by atoms with Crippen LogP contribution in [-0.4, -0.2) is 50.2 Å². The zero-order chi connectivity index (χ0) is 23.4. The average Bonchev–Trinajstić information content (AvgIpc) is 2.60. The van der Waals surface area contributed by atoms with Crippen LogP contribution in [0.2, 0.25) is 0 Å². The van der Waals surface area contributed by atoms with Gasteiger partial charge in [0.1, 0.15) is 11.4 Å². The Balaban J connectivity index is 2.48. The zero-order valence-corrected chi connectivity index (χ0v) is 18.9. The van der Waals surface area contributed by atoms with Crippen LogP contribution in [-0.2, 0) is 30.3 Å². The summed E-state index contributed by atoms with van der Waals surface area (Å²) in [5.74, 6) is -0.208. The van der Waals surface area contributed by atoms with Crippen molar-refractivity contribution >= 4 is 38.6 Å². The maximum absolute atomic E-state index is 12.2. The summed E-state index contributed by atoms with van der Waals surface area (Å²) >= 11 is 0. The molecule has 9 nitrogen and oxygen atoms in total. The number of aliphatic hydroxyl groups excluding tert-OH is 1. The number of amides is 1. The van der Waals surface area contributed by atoms with Crippen molar-refractivity contribution in [1.29, 1.82) is 0 Å². The number of ether oxygens (including phenoxy) is 2. The summed E-state index contributed by atoms with van der Waals surface area (Å²) in [6.07, 6.45) is -1.19. The van der Waals surface area contributed by atoms with E-state index in [1.54, 1.807) is 45.0 Å². The molecule has 2 rings (SSSR count). The van der Waals surface area contributed by atoms with Gasteiger partial charge in [-0.1, -0.05) is 24.3 Å². The molecule has 10 heteroatoms. The van der Waals surface area contributed by atoms with Crippen molar-refractivity contribution in [1.82, 2.24) is 0 Å². The third-order valence-electron chi connectivity index (χ3n) is 3.93. The normalized spacial score (nSPS) is 13.0. The van der Waals surface area contributed by atoms with Gasteiger partial charge in [0.05, 0.1) is 19.0 Å². The minimum absolute atomic E-state index is 0.0155. The molecule has 1 atom stereocenters. The summed E-state index contributed by atoms with van der Waals surface area (Å²) in [4.78, 5) is 24.0. The predicted molar refractivity (Wildman–Crippen MR) is 116 cm³/mol. The predicted octanol–water partition coefficient (Wildman–Crippen LogP) is 2.99. The second-order valence-electron chi connectivity index (χ2n) is 8.04. The van der Waals surface area contributed by atoms with Crippen LogP contribution in [0.1, 0.15) is 33.3 Å². The molecule has 1 amide bonds. The van der Waals surface area contributed by atoms with Crippen LogP contribution in [0.3, 0.4) is 0 Å². The fourth-order valence-electron chi connectivity index (χ4n) is 2.87. The molecule has 0 aliphatic heterocycles. The fourth-order valence-corrected chi connectivity index (χ4v) is 3.27. The zero-order valence-electron chi connectivity index (χ0n) is 18.1. The molecule has 2 N–H and O–H groups in total. The van der Waals surface area contributed by atoms with Crippen LogP contribution in [0, 0.1) is 0 Å². The molecule has 0 bridgehead atoms. The van der Waals surface area contributed by atoms with Gasteiger partial charge in [-0.15, -0.1) is 0 Å². The van der Waals surface area contributed by atoms with Gasteiger partial charge in [0.25, 0.3) is 10.1 Å². The highest BCUT2D eigenvalue weighted by molar-refractivity contribution is 7.85. The maximum Gasteiger partial charge on any atom is 0.514 e. The van der Waals surface area contributed by atoms with Crippen molar-refractivity contribution in [3.05, 3.63) is 35.9 Å². The molecule has 170 valence electrons. The van der Waals surface area contributed by atoms with E-state index in [0.29, 0.717) is 22.0 Å². The van der Waals surface area contributed by atoms with E-state index in [9.17, 15) is 23.1 Å². The van der Waals surface area contributed by atoms with Crippen molar-refractivity contribution in [3.8, 4) is 5.75 Å². The van der Waals surface area contributed by atoms with E-state index < -0.39 is 34.6 Å². The van der Waals surface area contributed by atoms with Gasteiger partial charge in [0.15, 0.2) is 0 Å². The Morgan fingerprint density at radius 1 is 1.16 bits per heavy atom. The lowest BCUT2D eigenvalue weighted by atomic mass is 9.97. The van der Waals surface area contributed by atoms with E-state index in [1.807, 2.05) is 0 Å². The Labute approximate surface area is 181 Å². The van der Waals surface area contributed by atoms with Gasteiger partial charge in [-0.25, -0.2) is 4.79 Å². The lowest BCUT2D eigenvalue weighted by molar-refractivity contribution is -0.114. The van der Waals surface area contributed by atoms with E-state index in [4.69, 9.17) is 9.47 Å². The summed E-state index contributed by atoms with van der Waals surface area (Å²) in [5.41, 5.74) is 0.0897. The SMILES string of the molecule is CC(=O)Nc1cc(OC(=O)OC(C)(C)C)c2ccccc2c1CC(O)COS(C)(=O)=O. The topological polar surface area (TPSA) is 128 Å². The van der Waals surface area contributed by atoms with E-state index in [-0.39, 0.29) is 18.1 Å². The lowest BCUT2D eigenvalue weighted by Crippen LogP contribution is -2.26. The molecule has 1 unspecified atom stereocenters. The molecule has 2 aromatic carbocycles. The smallest absolute Gasteiger partial charge is 0.428 e. The summed E-state index contributed by atoms with van der Waals surface area (Å²) in [6, 6.07) is 8.42. The largest absolute Gasteiger partial charge is 0.514 e. The maximum atomic E-state index is 12.2. The molecule has 0 spiro atoms. The van der Waals surface area contributed by atoms with Gasteiger partial charge in [0, 0.05) is 30.5 Å². The van der Waals surface area contributed by atoms with Crippen LogP contribution in [0.5, 0.6) is 5.75 Å². The summed E-state index contributed by atoms with van der Waals surface area (Å²) in [6.45, 7) is 5.99. The quantitative estimate of drug-likeness (QED) is 0.372. The Morgan fingerprint density at radius 2 is 1.77 bits per heavy atom. The van der Waals surface area contributed by atoms with Crippen molar-refractivity contribution in [2.24, 2.45) is 0 Å². The molecular weight excluding hydrogens is 426 g/mol. The molecule has 0 saturated carbocycles. The van der Waals surface area contributed by atoms with Gasteiger partial charge in [-0.05, 0) is 31.7 Å². The Kier molecular flexibility index (Phi) is 7.63. The van der Waals surface area contributed by atoms with Crippen molar-refractivity contribution < 1.29 is 36.8 Å². The molecule has 0 heterocycles. The number of anilines is 1. The molecule has 0 radical (unpaired) electrons. The Hall–Kier alpha value is -2.69. The number of hydrogen-bond donors (Lipinski definition) is 2. The Bertz CT molecular complexity index is 1070. The van der Waals surface area contributed by atoms with Crippen LogP contribution in [0.4, 0.5) is 10.5 Å². The minimum Gasteiger partial charge on any atom is -0.428 e. The highest BCUT2D eigenvalue weighted by Crippen LogP contribution is 2.36. The lowest BCUT2D eigenvalue weighted by Gasteiger charge is -2.21. The van der Waals surface area contributed by atoms with Crippen LogP contribution in [0.15, 0.2) is 30.3 Å². The molecule has 0 aromatic heterocycles. The number of aliphatic hydroxyl groups is 1. The van der Waals surface area contributed by atoms with Gasteiger partial charge in [-0.2, -0.15) is 8.42 Å². The molecule has 0 saturated heterocycles. The molecule has 0 aliphatic carbocycles. The van der Waals surface area contributed by atoms with Crippen LogP contribution in [0.25, 0.3) is 10.8 Å². The van der Waals surface area contributed by atoms with Crippen molar-refractivity contribution in [3.63, 3.8) is 0 Å². The number of hydrogen-bond acceptors (Lipinski definition) is 8. The summed E-state index contributed by atoms with van der Waals surface area (Å²) in [7, 11) is -3.72. The van der Waals surface area contributed by atoms with Crippen LogP contribution >= 0.6 is 0 Å².